The largest absolute Gasteiger partial charge is 0.483 e. The lowest BCUT2D eigenvalue weighted by molar-refractivity contribution is -0.123. The van der Waals surface area contributed by atoms with Gasteiger partial charge in [0.1, 0.15) is 0 Å². The van der Waals surface area contributed by atoms with Gasteiger partial charge >= 0.3 is 0 Å². The van der Waals surface area contributed by atoms with Crippen LogP contribution in [0.25, 0.3) is 0 Å². The minimum absolute atomic E-state index is 0.250. The topological polar surface area (TPSA) is 106 Å². The van der Waals surface area contributed by atoms with E-state index in [9.17, 15) is 4.79 Å². The first-order valence-electron chi connectivity index (χ1n) is 2.53. The molecule has 1 amide bonds. The van der Waals surface area contributed by atoms with Gasteiger partial charge < -0.3 is 16.6 Å². The smallest absolute Gasteiger partial charge is 0.290 e. The Kier molecular flexibility index (Phi) is 5.54. The summed E-state index contributed by atoms with van der Waals surface area (Å²) in [4.78, 5) is 18.5. The van der Waals surface area contributed by atoms with Gasteiger partial charge in [0.05, 0.1) is 5.54 Å². The second kappa shape index (κ2) is 4.75. The number of carboxylic acid groups (broad SMARTS) is 1. The third kappa shape index (κ3) is 10.0. The summed E-state index contributed by atoms with van der Waals surface area (Å²) in [5.74, 6) is -0.479. The normalized spacial score (nSPS) is 9.10. The van der Waals surface area contributed by atoms with Crippen LogP contribution in [-0.2, 0) is 9.59 Å². The van der Waals surface area contributed by atoms with Crippen molar-refractivity contribution < 1.29 is 14.7 Å². The Balaban J connectivity index is 0. The van der Waals surface area contributed by atoms with Gasteiger partial charge in [-0.05, 0) is 13.8 Å². The molecule has 5 heteroatoms. The van der Waals surface area contributed by atoms with E-state index in [-0.39, 0.29) is 6.47 Å². The summed E-state index contributed by atoms with van der Waals surface area (Å²) in [6, 6.07) is 0. The van der Waals surface area contributed by atoms with Gasteiger partial charge in [-0.3, -0.25) is 9.59 Å². The second-order valence-electron chi connectivity index (χ2n) is 2.19. The lowest BCUT2D eigenvalue weighted by Crippen LogP contribution is -2.46. The fraction of sp³-hybridized carbons (Fsp3) is 0.600. The Morgan fingerprint density at radius 2 is 1.70 bits per heavy atom. The van der Waals surface area contributed by atoms with Crippen molar-refractivity contribution in [2.45, 2.75) is 19.4 Å². The molecule has 0 saturated heterocycles. The van der Waals surface area contributed by atoms with Crippen LogP contribution < -0.4 is 11.5 Å². The Bertz CT molecular complexity index is 117. The molecule has 0 aromatic rings. The first-order valence-corrected chi connectivity index (χ1v) is 2.53. The maximum Gasteiger partial charge on any atom is 0.290 e. The lowest BCUT2D eigenvalue weighted by Gasteiger charge is -2.10. The number of primary amides is 1. The van der Waals surface area contributed by atoms with E-state index in [1.165, 1.54) is 0 Å². The highest BCUT2D eigenvalue weighted by Crippen LogP contribution is 1.90. The van der Waals surface area contributed by atoms with E-state index in [0.717, 1.165) is 0 Å². The number of amides is 1. The van der Waals surface area contributed by atoms with Crippen molar-refractivity contribution in [2.75, 3.05) is 0 Å². The molecule has 0 fully saturated rings. The molecule has 60 valence electrons. The highest BCUT2D eigenvalue weighted by atomic mass is 16.3. The highest BCUT2D eigenvalue weighted by Gasteiger charge is 2.16. The third-order valence-electron chi connectivity index (χ3n) is 0.635. The predicted molar refractivity (Wildman–Crippen MR) is 36.2 cm³/mol. The number of carbonyl (C=O) groups excluding carboxylic acids is 1. The molecule has 5 nitrogen and oxygen atoms in total. The van der Waals surface area contributed by atoms with Crippen LogP contribution in [0.5, 0.6) is 0 Å². The van der Waals surface area contributed by atoms with E-state index in [1.54, 1.807) is 13.8 Å². The van der Waals surface area contributed by atoms with Crippen molar-refractivity contribution in [2.24, 2.45) is 11.5 Å². The number of carbonyl (C=O) groups is 2. The van der Waals surface area contributed by atoms with Gasteiger partial charge in [-0.2, -0.15) is 0 Å². The zero-order valence-electron chi connectivity index (χ0n) is 6.00. The third-order valence-corrected chi connectivity index (χ3v) is 0.635. The Morgan fingerprint density at radius 3 is 1.70 bits per heavy atom. The highest BCUT2D eigenvalue weighted by molar-refractivity contribution is 5.83. The van der Waals surface area contributed by atoms with Gasteiger partial charge in [0.25, 0.3) is 6.47 Å². The first-order chi connectivity index (χ1) is 4.36. The Labute approximate surface area is 59.0 Å². The quantitative estimate of drug-likeness (QED) is 0.411. The molecule has 0 aliphatic carbocycles. The number of rotatable bonds is 1. The zero-order valence-corrected chi connectivity index (χ0v) is 6.00. The lowest BCUT2D eigenvalue weighted by atomic mass is 10.1. The van der Waals surface area contributed by atoms with Gasteiger partial charge in [0.2, 0.25) is 5.91 Å². The van der Waals surface area contributed by atoms with Crippen molar-refractivity contribution in [3.8, 4) is 0 Å². The predicted octanol–water partition coefficient (Wildman–Crippen LogP) is -1.09. The van der Waals surface area contributed by atoms with E-state index in [2.05, 4.69) is 0 Å². The summed E-state index contributed by atoms with van der Waals surface area (Å²) < 4.78 is 0. The fourth-order valence-electron chi connectivity index (χ4n) is 0. The monoisotopic (exact) mass is 148 g/mol. The van der Waals surface area contributed by atoms with E-state index in [0.29, 0.717) is 0 Å². The molecule has 0 atom stereocenters. The van der Waals surface area contributed by atoms with Gasteiger partial charge in [-0.1, -0.05) is 0 Å². The summed E-state index contributed by atoms with van der Waals surface area (Å²) >= 11 is 0. The fourth-order valence-corrected chi connectivity index (χ4v) is 0. The van der Waals surface area contributed by atoms with Gasteiger partial charge in [-0.25, -0.2) is 0 Å². The summed E-state index contributed by atoms with van der Waals surface area (Å²) in [5.41, 5.74) is 9.15. The molecular formula is C5H12N2O3. The molecule has 10 heavy (non-hydrogen) atoms. The van der Waals surface area contributed by atoms with E-state index >= 15 is 0 Å². The van der Waals surface area contributed by atoms with Crippen molar-refractivity contribution in [3.05, 3.63) is 0 Å². The molecule has 0 rings (SSSR count). The number of hydrogen-bond donors (Lipinski definition) is 3. The molecule has 0 saturated carbocycles. The molecule has 0 heterocycles. The molecule has 0 bridgehead atoms. The van der Waals surface area contributed by atoms with Crippen molar-refractivity contribution >= 4 is 12.4 Å². The molecule has 0 aliphatic rings. The summed E-state index contributed by atoms with van der Waals surface area (Å²) in [7, 11) is 0. The summed E-state index contributed by atoms with van der Waals surface area (Å²) in [6.45, 7) is 2.88. The molecule has 0 unspecified atom stereocenters. The second-order valence-corrected chi connectivity index (χ2v) is 2.19. The molecule has 0 aromatic carbocycles. The van der Waals surface area contributed by atoms with Crippen LogP contribution in [0.3, 0.4) is 0 Å². The van der Waals surface area contributed by atoms with Crippen molar-refractivity contribution in [3.63, 3.8) is 0 Å². The molecule has 0 aromatic heterocycles. The molecule has 0 radical (unpaired) electrons. The maximum atomic E-state index is 10.1. The first kappa shape index (κ1) is 11.7. The van der Waals surface area contributed by atoms with Crippen LogP contribution in [0.1, 0.15) is 13.8 Å². The van der Waals surface area contributed by atoms with Crippen LogP contribution >= 0.6 is 0 Å². The number of nitrogens with two attached hydrogens (primary N) is 2. The summed E-state index contributed by atoms with van der Waals surface area (Å²) in [6.07, 6.45) is 0. The minimum Gasteiger partial charge on any atom is -0.483 e. The van der Waals surface area contributed by atoms with E-state index in [4.69, 9.17) is 21.4 Å². The van der Waals surface area contributed by atoms with Crippen molar-refractivity contribution in [1.82, 2.24) is 0 Å². The van der Waals surface area contributed by atoms with Crippen LogP contribution in [0, 0.1) is 0 Å². The average Bonchev–Trinajstić information content (AvgIpc) is 1.64. The number of hydrogen-bond acceptors (Lipinski definition) is 3. The van der Waals surface area contributed by atoms with Crippen LogP contribution in [-0.4, -0.2) is 23.0 Å². The van der Waals surface area contributed by atoms with E-state index < -0.39 is 11.4 Å². The van der Waals surface area contributed by atoms with Crippen molar-refractivity contribution in [1.29, 1.82) is 0 Å². The van der Waals surface area contributed by atoms with Crippen LogP contribution in [0.4, 0.5) is 0 Å². The Hall–Kier alpha value is -1.10. The van der Waals surface area contributed by atoms with Gasteiger partial charge in [0, 0.05) is 0 Å². The van der Waals surface area contributed by atoms with Crippen LogP contribution in [0.2, 0.25) is 0 Å². The zero-order chi connectivity index (χ0) is 8.78. The average molecular weight is 148 g/mol. The van der Waals surface area contributed by atoms with Gasteiger partial charge in [0.15, 0.2) is 0 Å². The minimum atomic E-state index is -0.861. The maximum absolute atomic E-state index is 10.1. The molecule has 0 spiro atoms. The summed E-state index contributed by atoms with van der Waals surface area (Å²) in [5, 5.41) is 6.89. The molecule has 5 N–H and O–H groups in total. The molecule has 0 aliphatic heterocycles. The van der Waals surface area contributed by atoms with Crippen LogP contribution in [0.15, 0.2) is 0 Å². The van der Waals surface area contributed by atoms with E-state index in [1.807, 2.05) is 0 Å². The standard InChI is InChI=1S/C4H10N2O.CH2O2/c1-4(2,6)3(5)7;2-1-3/h6H2,1-2H3,(H2,5,7);1H,(H,2,3). The molecular weight excluding hydrogens is 136 g/mol. The Morgan fingerprint density at radius 1 is 1.60 bits per heavy atom. The van der Waals surface area contributed by atoms with Gasteiger partial charge in [-0.15, -0.1) is 0 Å². The SMILES string of the molecule is CC(C)(N)C(N)=O.O=CO.